The molecule has 2 N–H and O–H groups in total. The van der Waals surface area contributed by atoms with Crippen molar-refractivity contribution < 1.29 is 23.9 Å². The minimum atomic E-state index is -0.828. The Balaban J connectivity index is 1.50. The van der Waals surface area contributed by atoms with Gasteiger partial charge in [0.15, 0.2) is 6.61 Å². The second-order valence-corrected chi connectivity index (χ2v) is 7.86. The molecule has 11 heteroatoms. The molecule has 0 saturated carbocycles. The van der Waals surface area contributed by atoms with Crippen molar-refractivity contribution >= 4 is 64.2 Å². The van der Waals surface area contributed by atoms with E-state index < -0.39 is 36.2 Å². The van der Waals surface area contributed by atoms with Gasteiger partial charge in [0.2, 0.25) is 5.91 Å². The SMILES string of the molecule is O=C(COC(=O)[C@@H]1CC(=O)N(NC(=O)c2ccccc2Cl)C1)Nc1ccc(Cl)cc1Cl. The van der Waals surface area contributed by atoms with E-state index in [2.05, 4.69) is 10.7 Å². The third-order valence-corrected chi connectivity index (χ3v) is 5.24. The number of nitrogens with zero attached hydrogens (tertiary/aromatic N) is 1. The van der Waals surface area contributed by atoms with Gasteiger partial charge in [-0.15, -0.1) is 0 Å². The lowest BCUT2D eigenvalue weighted by molar-refractivity contribution is -0.151. The number of esters is 1. The number of rotatable bonds is 6. The molecule has 0 unspecified atom stereocenters. The van der Waals surface area contributed by atoms with Crippen LogP contribution in [0.4, 0.5) is 5.69 Å². The molecule has 162 valence electrons. The Morgan fingerprint density at radius 2 is 1.81 bits per heavy atom. The average Bonchev–Trinajstić information content (AvgIpc) is 3.09. The van der Waals surface area contributed by atoms with Crippen molar-refractivity contribution in [2.24, 2.45) is 5.92 Å². The summed E-state index contributed by atoms with van der Waals surface area (Å²) in [6, 6.07) is 10.9. The summed E-state index contributed by atoms with van der Waals surface area (Å²) in [5, 5.41) is 4.40. The monoisotopic (exact) mass is 483 g/mol. The van der Waals surface area contributed by atoms with Crippen LogP contribution in [-0.2, 0) is 19.1 Å². The lowest BCUT2D eigenvalue weighted by atomic mass is 10.1. The van der Waals surface area contributed by atoms with Gasteiger partial charge in [-0.1, -0.05) is 46.9 Å². The molecule has 31 heavy (non-hydrogen) atoms. The first-order valence-corrected chi connectivity index (χ1v) is 10.2. The number of hydrogen-bond donors (Lipinski definition) is 2. The Bertz CT molecular complexity index is 1050. The fourth-order valence-corrected chi connectivity index (χ4v) is 3.51. The first-order chi connectivity index (χ1) is 14.7. The minimum absolute atomic E-state index is 0.0848. The summed E-state index contributed by atoms with van der Waals surface area (Å²) in [5.41, 5.74) is 2.94. The molecule has 0 aliphatic carbocycles. The van der Waals surface area contributed by atoms with Crippen molar-refractivity contribution in [2.45, 2.75) is 6.42 Å². The van der Waals surface area contributed by atoms with Gasteiger partial charge in [0.25, 0.3) is 11.8 Å². The zero-order valence-electron chi connectivity index (χ0n) is 15.9. The molecule has 1 saturated heterocycles. The Hall–Kier alpha value is -2.81. The van der Waals surface area contributed by atoms with Crippen molar-refractivity contribution in [3.8, 4) is 0 Å². The molecule has 2 aromatic carbocycles. The fraction of sp³-hybridized carbons (Fsp3) is 0.200. The van der Waals surface area contributed by atoms with Gasteiger partial charge in [-0.25, -0.2) is 0 Å². The van der Waals surface area contributed by atoms with E-state index in [0.29, 0.717) is 10.7 Å². The number of carbonyl (C=O) groups excluding carboxylic acids is 4. The highest BCUT2D eigenvalue weighted by atomic mass is 35.5. The van der Waals surface area contributed by atoms with Crippen LogP contribution < -0.4 is 10.7 Å². The van der Waals surface area contributed by atoms with E-state index in [-0.39, 0.29) is 28.6 Å². The van der Waals surface area contributed by atoms with Gasteiger partial charge in [0.05, 0.1) is 33.8 Å². The summed E-state index contributed by atoms with van der Waals surface area (Å²) in [6.45, 7) is -0.646. The molecule has 0 spiro atoms. The number of benzene rings is 2. The van der Waals surface area contributed by atoms with Crippen LogP contribution in [0.5, 0.6) is 0 Å². The number of hydrogen-bond acceptors (Lipinski definition) is 5. The molecule has 8 nitrogen and oxygen atoms in total. The van der Waals surface area contributed by atoms with Crippen LogP contribution in [0, 0.1) is 5.92 Å². The van der Waals surface area contributed by atoms with Gasteiger partial charge in [-0.05, 0) is 30.3 Å². The van der Waals surface area contributed by atoms with Crippen LogP contribution in [-0.4, -0.2) is 41.9 Å². The van der Waals surface area contributed by atoms with Crippen molar-refractivity contribution in [1.29, 1.82) is 0 Å². The second kappa shape index (κ2) is 10.00. The third kappa shape index (κ3) is 5.88. The zero-order valence-corrected chi connectivity index (χ0v) is 18.1. The molecular weight excluding hydrogens is 469 g/mol. The van der Waals surface area contributed by atoms with E-state index in [1.165, 1.54) is 18.2 Å². The Morgan fingerprint density at radius 3 is 2.52 bits per heavy atom. The smallest absolute Gasteiger partial charge is 0.311 e. The molecule has 1 heterocycles. The van der Waals surface area contributed by atoms with Crippen molar-refractivity contribution in [3.63, 3.8) is 0 Å². The van der Waals surface area contributed by atoms with Crippen LogP contribution in [0.1, 0.15) is 16.8 Å². The predicted octanol–water partition coefficient (Wildman–Crippen LogP) is 3.32. The molecule has 0 radical (unpaired) electrons. The van der Waals surface area contributed by atoms with Crippen LogP contribution in [0.15, 0.2) is 42.5 Å². The first kappa shape index (κ1) is 22.9. The van der Waals surface area contributed by atoms with Crippen LogP contribution >= 0.6 is 34.8 Å². The van der Waals surface area contributed by atoms with E-state index in [9.17, 15) is 19.2 Å². The molecular formula is C20H16Cl3N3O5. The number of anilines is 1. The standard InChI is InChI=1S/C20H16Cl3N3O5/c21-12-5-6-16(15(23)8-12)24-17(27)10-31-20(30)11-7-18(28)26(9-11)25-19(29)13-3-1-2-4-14(13)22/h1-6,8,11H,7,9-10H2,(H,24,27)(H,25,29)/t11-/m1/s1. The molecule has 3 rings (SSSR count). The fourth-order valence-electron chi connectivity index (χ4n) is 2.83. The van der Waals surface area contributed by atoms with Gasteiger partial charge < -0.3 is 10.1 Å². The molecule has 2 aromatic rings. The first-order valence-electron chi connectivity index (χ1n) is 9.02. The highest BCUT2D eigenvalue weighted by Gasteiger charge is 2.37. The maximum atomic E-state index is 12.3. The predicted molar refractivity (Wildman–Crippen MR) is 115 cm³/mol. The van der Waals surface area contributed by atoms with Crippen LogP contribution in [0.3, 0.4) is 0 Å². The number of amides is 3. The van der Waals surface area contributed by atoms with E-state index in [4.69, 9.17) is 39.5 Å². The molecule has 0 bridgehead atoms. The van der Waals surface area contributed by atoms with Gasteiger partial charge >= 0.3 is 5.97 Å². The zero-order chi connectivity index (χ0) is 22.5. The van der Waals surface area contributed by atoms with Crippen LogP contribution in [0.25, 0.3) is 0 Å². The number of hydrazine groups is 1. The van der Waals surface area contributed by atoms with Gasteiger partial charge in [0, 0.05) is 11.4 Å². The molecule has 1 aliphatic rings. The topological polar surface area (TPSA) is 105 Å². The summed E-state index contributed by atoms with van der Waals surface area (Å²) >= 11 is 17.7. The highest BCUT2D eigenvalue weighted by molar-refractivity contribution is 6.36. The Morgan fingerprint density at radius 1 is 1.06 bits per heavy atom. The van der Waals surface area contributed by atoms with Crippen molar-refractivity contribution in [2.75, 3.05) is 18.5 Å². The summed E-state index contributed by atoms with van der Waals surface area (Å²) in [6.07, 6.45) is -0.160. The maximum Gasteiger partial charge on any atom is 0.311 e. The van der Waals surface area contributed by atoms with Crippen molar-refractivity contribution in [3.05, 3.63) is 63.1 Å². The summed E-state index contributed by atoms with van der Waals surface area (Å²) in [4.78, 5) is 48.7. The normalized spacial score (nSPS) is 15.5. The highest BCUT2D eigenvalue weighted by Crippen LogP contribution is 2.25. The summed E-state index contributed by atoms with van der Waals surface area (Å²) < 4.78 is 5.00. The molecule has 0 aromatic heterocycles. The Labute approximate surface area is 192 Å². The number of halogens is 3. The van der Waals surface area contributed by atoms with Gasteiger partial charge in [-0.3, -0.25) is 29.6 Å². The summed E-state index contributed by atoms with van der Waals surface area (Å²) in [7, 11) is 0. The molecule has 1 aliphatic heterocycles. The largest absolute Gasteiger partial charge is 0.455 e. The average molecular weight is 485 g/mol. The molecule has 1 atom stereocenters. The van der Waals surface area contributed by atoms with E-state index >= 15 is 0 Å². The van der Waals surface area contributed by atoms with Gasteiger partial charge in [0.1, 0.15) is 0 Å². The number of nitrogens with one attached hydrogen (secondary N) is 2. The van der Waals surface area contributed by atoms with Gasteiger partial charge in [-0.2, -0.15) is 0 Å². The van der Waals surface area contributed by atoms with Crippen LogP contribution in [0.2, 0.25) is 15.1 Å². The molecule has 3 amide bonds. The van der Waals surface area contributed by atoms with E-state index in [1.54, 1.807) is 24.3 Å². The third-order valence-electron chi connectivity index (χ3n) is 4.36. The van der Waals surface area contributed by atoms with E-state index in [0.717, 1.165) is 5.01 Å². The van der Waals surface area contributed by atoms with Crippen molar-refractivity contribution in [1.82, 2.24) is 10.4 Å². The minimum Gasteiger partial charge on any atom is -0.455 e. The number of ether oxygens (including phenoxy) is 1. The number of carbonyl (C=O) groups is 4. The molecule has 1 fully saturated rings. The Kier molecular flexibility index (Phi) is 7.37. The quantitative estimate of drug-likeness (QED) is 0.612. The summed E-state index contributed by atoms with van der Waals surface area (Å²) in [5.74, 6) is -3.20. The van der Waals surface area contributed by atoms with E-state index in [1.807, 2.05) is 0 Å². The lowest BCUT2D eigenvalue weighted by Gasteiger charge is -2.18. The lowest BCUT2D eigenvalue weighted by Crippen LogP contribution is -2.43. The second-order valence-electron chi connectivity index (χ2n) is 6.61. The maximum absolute atomic E-state index is 12.3.